The SMILES string of the molecule is CC(=O)NCCc1cn(CN(C)Cn2cc(CCNC(C)=O)nn2)nn1. The molecule has 142 valence electrons. The van der Waals surface area contributed by atoms with Gasteiger partial charge in [-0.2, -0.15) is 0 Å². The summed E-state index contributed by atoms with van der Waals surface area (Å²) in [4.78, 5) is 23.7. The highest BCUT2D eigenvalue weighted by Gasteiger charge is 2.07. The van der Waals surface area contributed by atoms with Crippen LogP contribution in [0.15, 0.2) is 12.4 Å². The molecule has 2 rings (SSSR count). The summed E-state index contributed by atoms with van der Waals surface area (Å²) >= 11 is 0. The third-order valence-corrected chi connectivity index (χ3v) is 3.45. The molecule has 2 N–H and O–H groups in total. The average molecular weight is 363 g/mol. The van der Waals surface area contributed by atoms with Crippen LogP contribution < -0.4 is 10.6 Å². The van der Waals surface area contributed by atoms with Crippen LogP contribution in [0.25, 0.3) is 0 Å². The summed E-state index contributed by atoms with van der Waals surface area (Å²) in [5.74, 6) is -0.109. The molecule has 0 unspecified atom stereocenters. The van der Waals surface area contributed by atoms with Crippen LogP contribution in [-0.4, -0.2) is 66.8 Å². The maximum atomic E-state index is 10.9. The van der Waals surface area contributed by atoms with Crippen LogP contribution >= 0.6 is 0 Å². The summed E-state index contributed by atoms with van der Waals surface area (Å²) in [7, 11) is 1.94. The molecule has 11 nitrogen and oxygen atoms in total. The molecule has 0 saturated heterocycles. The summed E-state index contributed by atoms with van der Waals surface area (Å²) < 4.78 is 3.47. The predicted molar refractivity (Wildman–Crippen MR) is 92.6 cm³/mol. The normalized spacial score (nSPS) is 10.9. The largest absolute Gasteiger partial charge is 0.356 e. The number of nitrogens with one attached hydrogen (secondary N) is 2. The number of carbonyl (C=O) groups excluding carboxylic acids is 2. The Balaban J connectivity index is 1.75. The molecular formula is C15H25N9O2. The first-order valence-corrected chi connectivity index (χ1v) is 8.38. The molecule has 26 heavy (non-hydrogen) atoms. The lowest BCUT2D eigenvalue weighted by Gasteiger charge is -2.15. The minimum atomic E-state index is -0.0543. The van der Waals surface area contributed by atoms with Crippen LogP contribution in [-0.2, 0) is 35.8 Å². The van der Waals surface area contributed by atoms with Crippen LogP contribution in [0.1, 0.15) is 25.2 Å². The van der Waals surface area contributed by atoms with E-state index in [-0.39, 0.29) is 11.8 Å². The van der Waals surface area contributed by atoms with Gasteiger partial charge in [0.15, 0.2) is 0 Å². The summed E-state index contributed by atoms with van der Waals surface area (Å²) in [5.41, 5.74) is 1.65. The molecule has 0 aromatic carbocycles. The monoisotopic (exact) mass is 363 g/mol. The lowest BCUT2D eigenvalue weighted by Crippen LogP contribution is -2.25. The molecule has 0 spiro atoms. The zero-order valence-electron chi connectivity index (χ0n) is 15.3. The van der Waals surface area contributed by atoms with Crippen molar-refractivity contribution in [3.05, 3.63) is 23.8 Å². The third kappa shape index (κ3) is 6.97. The Bertz CT molecular complexity index is 664. The van der Waals surface area contributed by atoms with Gasteiger partial charge in [0.05, 0.1) is 37.1 Å². The van der Waals surface area contributed by atoms with Gasteiger partial charge < -0.3 is 10.6 Å². The van der Waals surface area contributed by atoms with Gasteiger partial charge in [-0.15, -0.1) is 10.2 Å². The number of amides is 2. The zero-order chi connectivity index (χ0) is 18.9. The molecular weight excluding hydrogens is 338 g/mol. The number of aromatic nitrogens is 6. The Morgan fingerprint density at radius 1 is 0.923 bits per heavy atom. The predicted octanol–water partition coefficient (Wildman–Crippen LogP) is -1.23. The molecule has 0 saturated carbocycles. The van der Waals surface area contributed by atoms with Gasteiger partial charge in [-0.25, -0.2) is 9.36 Å². The van der Waals surface area contributed by atoms with E-state index in [1.165, 1.54) is 13.8 Å². The second-order valence-corrected chi connectivity index (χ2v) is 6.10. The number of carbonyl (C=O) groups is 2. The Morgan fingerprint density at radius 3 is 1.73 bits per heavy atom. The fourth-order valence-electron chi connectivity index (χ4n) is 2.32. The van der Waals surface area contributed by atoms with E-state index in [1.54, 1.807) is 9.36 Å². The van der Waals surface area contributed by atoms with Gasteiger partial charge in [-0.1, -0.05) is 10.4 Å². The Labute approximate surface area is 151 Å². The highest BCUT2D eigenvalue weighted by Crippen LogP contribution is 1.99. The summed E-state index contributed by atoms with van der Waals surface area (Å²) in [6.45, 7) is 5.17. The Morgan fingerprint density at radius 2 is 1.35 bits per heavy atom. The zero-order valence-corrected chi connectivity index (χ0v) is 15.3. The van der Waals surface area contributed by atoms with Crippen molar-refractivity contribution in [2.24, 2.45) is 0 Å². The molecule has 2 heterocycles. The molecule has 0 aliphatic rings. The van der Waals surface area contributed by atoms with E-state index in [4.69, 9.17) is 0 Å². The van der Waals surface area contributed by atoms with E-state index < -0.39 is 0 Å². The minimum absolute atomic E-state index is 0.0543. The average Bonchev–Trinajstić information content (AvgIpc) is 3.16. The Hall–Kier alpha value is -2.82. The number of rotatable bonds is 10. The summed E-state index contributed by atoms with van der Waals surface area (Å²) in [5, 5.41) is 21.8. The van der Waals surface area contributed by atoms with E-state index in [0.717, 1.165) is 11.4 Å². The van der Waals surface area contributed by atoms with Crippen LogP contribution in [0.5, 0.6) is 0 Å². The van der Waals surface area contributed by atoms with Gasteiger partial charge in [0.2, 0.25) is 11.8 Å². The Kier molecular flexibility index (Phi) is 7.21. The van der Waals surface area contributed by atoms with Crippen molar-refractivity contribution in [2.75, 3.05) is 20.1 Å². The van der Waals surface area contributed by atoms with Gasteiger partial charge in [0.25, 0.3) is 0 Å². The quantitative estimate of drug-likeness (QED) is 0.542. The van der Waals surface area contributed by atoms with E-state index in [0.29, 0.717) is 39.3 Å². The highest BCUT2D eigenvalue weighted by molar-refractivity contribution is 5.73. The fourth-order valence-corrected chi connectivity index (χ4v) is 2.32. The second kappa shape index (κ2) is 9.61. The molecule has 0 fully saturated rings. The molecule has 0 bridgehead atoms. The number of hydrogen-bond donors (Lipinski definition) is 2. The van der Waals surface area contributed by atoms with Crippen LogP contribution in [0.2, 0.25) is 0 Å². The summed E-state index contributed by atoms with van der Waals surface area (Å²) in [6, 6.07) is 0. The topological polar surface area (TPSA) is 123 Å². The number of nitrogens with zero attached hydrogens (tertiary/aromatic N) is 7. The fraction of sp³-hybridized carbons (Fsp3) is 0.600. The van der Waals surface area contributed by atoms with Crippen molar-refractivity contribution in [1.29, 1.82) is 0 Å². The van der Waals surface area contributed by atoms with Gasteiger partial charge in [0, 0.05) is 39.8 Å². The van der Waals surface area contributed by atoms with E-state index in [1.807, 2.05) is 24.3 Å². The molecule has 0 aliphatic carbocycles. The first-order chi connectivity index (χ1) is 12.4. The summed E-state index contributed by atoms with van der Waals surface area (Å²) in [6.07, 6.45) is 5.01. The van der Waals surface area contributed by atoms with Gasteiger partial charge in [0.1, 0.15) is 0 Å². The van der Waals surface area contributed by atoms with Crippen molar-refractivity contribution in [2.45, 2.75) is 40.0 Å². The van der Waals surface area contributed by atoms with E-state index >= 15 is 0 Å². The molecule has 0 aliphatic heterocycles. The van der Waals surface area contributed by atoms with Crippen LogP contribution in [0.3, 0.4) is 0 Å². The van der Waals surface area contributed by atoms with Gasteiger partial charge >= 0.3 is 0 Å². The standard InChI is InChI=1S/C15H25N9O2/c1-12(25)16-6-4-14-8-23(20-18-14)10-22(3)11-24-9-15(19-21-24)5-7-17-13(2)26/h8-9H,4-7,10-11H2,1-3H3,(H,16,25)(H,17,26). The van der Waals surface area contributed by atoms with E-state index in [9.17, 15) is 9.59 Å². The molecule has 2 aromatic rings. The van der Waals surface area contributed by atoms with Crippen molar-refractivity contribution in [1.82, 2.24) is 45.5 Å². The van der Waals surface area contributed by atoms with E-state index in [2.05, 4.69) is 31.3 Å². The van der Waals surface area contributed by atoms with Gasteiger partial charge in [-0.3, -0.25) is 14.5 Å². The molecule has 11 heteroatoms. The first kappa shape index (κ1) is 19.5. The molecule has 2 amide bonds. The van der Waals surface area contributed by atoms with Crippen molar-refractivity contribution >= 4 is 11.8 Å². The maximum absolute atomic E-state index is 10.9. The highest BCUT2D eigenvalue weighted by atomic mass is 16.2. The van der Waals surface area contributed by atoms with Gasteiger partial charge in [-0.05, 0) is 7.05 Å². The van der Waals surface area contributed by atoms with Crippen LogP contribution in [0.4, 0.5) is 0 Å². The minimum Gasteiger partial charge on any atom is -0.356 e. The molecule has 2 aromatic heterocycles. The first-order valence-electron chi connectivity index (χ1n) is 8.38. The van der Waals surface area contributed by atoms with Crippen molar-refractivity contribution < 1.29 is 9.59 Å². The van der Waals surface area contributed by atoms with Crippen molar-refractivity contribution in [3.8, 4) is 0 Å². The second-order valence-electron chi connectivity index (χ2n) is 6.10. The molecule has 0 atom stereocenters. The third-order valence-electron chi connectivity index (χ3n) is 3.45. The smallest absolute Gasteiger partial charge is 0.216 e. The van der Waals surface area contributed by atoms with Crippen molar-refractivity contribution in [3.63, 3.8) is 0 Å². The lowest BCUT2D eigenvalue weighted by atomic mass is 10.3. The maximum Gasteiger partial charge on any atom is 0.216 e. The van der Waals surface area contributed by atoms with Crippen LogP contribution in [0, 0.1) is 0 Å². The number of hydrogen-bond acceptors (Lipinski definition) is 7. The lowest BCUT2D eigenvalue weighted by molar-refractivity contribution is -0.119. The molecule has 0 radical (unpaired) electrons.